The van der Waals surface area contributed by atoms with Gasteiger partial charge in [-0.05, 0) is 38.8 Å². The van der Waals surface area contributed by atoms with Crippen molar-refractivity contribution in [3.8, 4) is 0 Å². The number of aliphatic imine (C=N–C) groups is 1. The third-order valence-corrected chi connectivity index (χ3v) is 3.81. The van der Waals surface area contributed by atoms with Crippen LogP contribution >= 0.6 is 0 Å². The molecule has 0 radical (unpaired) electrons. The maximum absolute atomic E-state index is 11.6. The molecule has 0 spiro atoms. The van der Waals surface area contributed by atoms with E-state index in [0.717, 1.165) is 31.5 Å². The van der Waals surface area contributed by atoms with E-state index in [0.29, 0.717) is 0 Å². The number of nitrogens with zero attached hydrogens (tertiary/aromatic N) is 3. The molecule has 0 saturated carbocycles. The highest BCUT2D eigenvalue weighted by atomic mass is 16.2. The topological polar surface area (TPSA) is 60.0 Å². The van der Waals surface area contributed by atoms with Gasteiger partial charge in [0.15, 0.2) is 5.96 Å². The van der Waals surface area contributed by atoms with Gasteiger partial charge in [0.1, 0.15) is 6.54 Å². The molecule has 6 heteroatoms. The Kier molecular flexibility index (Phi) is 8.12. The number of rotatable bonds is 6. The lowest BCUT2D eigenvalue weighted by Crippen LogP contribution is -2.43. The fourth-order valence-corrected chi connectivity index (χ4v) is 2.25. The number of amides is 1. The van der Waals surface area contributed by atoms with E-state index in [1.54, 1.807) is 19.0 Å². The summed E-state index contributed by atoms with van der Waals surface area (Å²) in [4.78, 5) is 19.9. The molecule has 1 aliphatic heterocycles. The number of carbonyl (C=O) groups is 1. The van der Waals surface area contributed by atoms with Gasteiger partial charge in [-0.2, -0.15) is 0 Å². The molecular formula is C15H31N5O. The number of nitrogens with one attached hydrogen (secondary N) is 2. The molecule has 0 unspecified atom stereocenters. The van der Waals surface area contributed by atoms with Gasteiger partial charge in [-0.15, -0.1) is 0 Å². The van der Waals surface area contributed by atoms with Crippen molar-refractivity contribution < 1.29 is 4.79 Å². The van der Waals surface area contributed by atoms with Crippen molar-refractivity contribution in [2.45, 2.75) is 26.7 Å². The monoisotopic (exact) mass is 297 g/mol. The number of likely N-dealkylation sites (N-methyl/N-ethyl adjacent to an activating group) is 1. The second kappa shape index (κ2) is 9.60. The Bertz CT molecular complexity index is 335. The average molecular weight is 297 g/mol. The van der Waals surface area contributed by atoms with Crippen LogP contribution in [0.4, 0.5) is 0 Å². The minimum Gasteiger partial charge on any atom is -0.357 e. The predicted octanol–water partition coefficient (Wildman–Crippen LogP) is 0.362. The highest BCUT2D eigenvalue weighted by Crippen LogP contribution is 2.14. The van der Waals surface area contributed by atoms with Gasteiger partial charge in [0.05, 0.1) is 0 Å². The van der Waals surface area contributed by atoms with Gasteiger partial charge >= 0.3 is 0 Å². The zero-order chi connectivity index (χ0) is 15.7. The zero-order valence-corrected chi connectivity index (χ0v) is 14.0. The first-order valence-corrected chi connectivity index (χ1v) is 7.97. The van der Waals surface area contributed by atoms with E-state index in [9.17, 15) is 4.79 Å². The van der Waals surface area contributed by atoms with Gasteiger partial charge in [-0.25, -0.2) is 4.99 Å². The summed E-state index contributed by atoms with van der Waals surface area (Å²) < 4.78 is 0. The summed E-state index contributed by atoms with van der Waals surface area (Å²) in [5.74, 6) is 1.60. The molecule has 1 heterocycles. The van der Waals surface area contributed by atoms with Gasteiger partial charge in [0, 0.05) is 33.7 Å². The predicted molar refractivity (Wildman–Crippen MR) is 87.5 cm³/mol. The van der Waals surface area contributed by atoms with E-state index in [2.05, 4.69) is 27.4 Å². The van der Waals surface area contributed by atoms with Gasteiger partial charge in [-0.3, -0.25) is 4.79 Å². The Morgan fingerprint density at radius 1 is 1.29 bits per heavy atom. The van der Waals surface area contributed by atoms with Gasteiger partial charge < -0.3 is 20.4 Å². The molecule has 6 nitrogen and oxygen atoms in total. The summed E-state index contributed by atoms with van der Waals surface area (Å²) in [6, 6.07) is 0. The molecule has 1 fully saturated rings. The molecule has 0 bridgehead atoms. The van der Waals surface area contributed by atoms with Crippen LogP contribution < -0.4 is 10.6 Å². The van der Waals surface area contributed by atoms with Gasteiger partial charge in [-0.1, -0.05) is 6.92 Å². The quantitative estimate of drug-likeness (QED) is 0.549. The Morgan fingerprint density at radius 2 is 1.95 bits per heavy atom. The SMILES string of the molecule is CCNC(=NCC(=O)N(C)C)NCCN1CCC(C)CC1. The van der Waals surface area contributed by atoms with Crippen LogP contribution in [-0.4, -0.2) is 75.0 Å². The fraction of sp³-hybridized carbons (Fsp3) is 0.867. The third-order valence-electron chi connectivity index (χ3n) is 3.81. The number of hydrogen-bond donors (Lipinski definition) is 2. The molecule has 0 atom stereocenters. The van der Waals surface area contributed by atoms with Gasteiger partial charge in [0.2, 0.25) is 5.91 Å². The van der Waals surface area contributed by atoms with Crippen LogP contribution in [0.1, 0.15) is 26.7 Å². The lowest BCUT2D eigenvalue weighted by atomic mass is 9.99. The molecule has 1 saturated heterocycles. The first-order valence-electron chi connectivity index (χ1n) is 7.97. The summed E-state index contributed by atoms with van der Waals surface area (Å²) >= 11 is 0. The Hall–Kier alpha value is -1.30. The molecule has 21 heavy (non-hydrogen) atoms. The number of carbonyl (C=O) groups excluding carboxylic acids is 1. The molecule has 0 aromatic carbocycles. The van der Waals surface area contributed by atoms with Crippen molar-refractivity contribution in [2.24, 2.45) is 10.9 Å². The fourth-order valence-electron chi connectivity index (χ4n) is 2.25. The maximum atomic E-state index is 11.6. The van der Waals surface area contributed by atoms with Gasteiger partial charge in [0.25, 0.3) is 0 Å². The molecule has 2 N–H and O–H groups in total. The van der Waals surface area contributed by atoms with Crippen LogP contribution in [0.3, 0.4) is 0 Å². The second-order valence-corrected chi connectivity index (χ2v) is 5.93. The van der Waals surface area contributed by atoms with Crippen molar-refractivity contribution >= 4 is 11.9 Å². The van der Waals surface area contributed by atoms with Crippen molar-refractivity contribution in [3.63, 3.8) is 0 Å². The first-order chi connectivity index (χ1) is 10.0. The van der Waals surface area contributed by atoms with Crippen LogP contribution in [-0.2, 0) is 4.79 Å². The van der Waals surface area contributed by atoms with E-state index < -0.39 is 0 Å². The van der Waals surface area contributed by atoms with E-state index in [4.69, 9.17) is 0 Å². The lowest BCUT2D eigenvalue weighted by molar-refractivity contribution is -0.127. The summed E-state index contributed by atoms with van der Waals surface area (Å²) in [6.07, 6.45) is 2.59. The molecule has 1 rings (SSSR count). The standard InChI is InChI=1S/C15H31N5O/c1-5-16-15(18-12-14(21)19(3)4)17-8-11-20-9-6-13(2)7-10-20/h13H,5-12H2,1-4H3,(H2,16,17,18). The summed E-state index contributed by atoms with van der Waals surface area (Å²) in [5, 5.41) is 6.47. The van der Waals surface area contributed by atoms with E-state index >= 15 is 0 Å². The van der Waals surface area contributed by atoms with E-state index in [1.807, 2.05) is 6.92 Å². The highest BCUT2D eigenvalue weighted by molar-refractivity contribution is 5.84. The summed E-state index contributed by atoms with van der Waals surface area (Å²) in [6.45, 7) is 9.59. The third kappa shape index (κ3) is 7.32. The largest absolute Gasteiger partial charge is 0.357 e. The maximum Gasteiger partial charge on any atom is 0.243 e. The zero-order valence-electron chi connectivity index (χ0n) is 14.0. The first kappa shape index (κ1) is 17.8. The van der Waals surface area contributed by atoms with Crippen molar-refractivity contribution in [1.29, 1.82) is 0 Å². The number of hydrogen-bond acceptors (Lipinski definition) is 3. The van der Waals surface area contributed by atoms with Crippen LogP contribution in [0.25, 0.3) is 0 Å². The molecule has 0 aromatic rings. The Morgan fingerprint density at radius 3 is 2.52 bits per heavy atom. The molecular weight excluding hydrogens is 266 g/mol. The van der Waals surface area contributed by atoms with Crippen LogP contribution in [0.5, 0.6) is 0 Å². The minimum atomic E-state index is 0.0113. The molecule has 0 aliphatic carbocycles. The highest BCUT2D eigenvalue weighted by Gasteiger charge is 2.14. The van der Waals surface area contributed by atoms with E-state index in [1.165, 1.54) is 25.9 Å². The Balaban J connectivity index is 2.30. The number of guanidine groups is 1. The van der Waals surface area contributed by atoms with Crippen LogP contribution in [0.15, 0.2) is 4.99 Å². The van der Waals surface area contributed by atoms with Crippen LogP contribution in [0.2, 0.25) is 0 Å². The second-order valence-electron chi connectivity index (χ2n) is 5.93. The Labute approximate surface area is 129 Å². The molecule has 1 aliphatic rings. The molecule has 0 aromatic heterocycles. The summed E-state index contributed by atoms with van der Waals surface area (Å²) in [5.41, 5.74) is 0. The smallest absolute Gasteiger partial charge is 0.243 e. The minimum absolute atomic E-state index is 0.0113. The number of piperidine rings is 1. The average Bonchev–Trinajstić information content (AvgIpc) is 2.46. The normalized spacial score (nSPS) is 17.6. The van der Waals surface area contributed by atoms with Crippen LogP contribution in [0, 0.1) is 5.92 Å². The molecule has 1 amide bonds. The van der Waals surface area contributed by atoms with Crippen molar-refractivity contribution in [3.05, 3.63) is 0 Å². The summed E-state index contributed by atoms with van der Waals surface area (Å²) in [7, 11) is 3.49. The van der Waals surface area contributed by atoms with E-state index in [-0.39, 0.29) is 12.5 Å². The number of likely N-dealkylation sites (tertiary alicyclic amines) is 1. The van der Waals surface area contributed by atoms with Crippen molar-refractivity contribution in [1.82, 2.24) is 20.4 Å². The lowest BCUT2D eigenvalue weighted by Gasteiger charge is -2.30. The van der Waals surface area contributed by atoms with Crippen molar-refractivity contribution in [2.75, 3.05) is 53.4 Å². The molecule has 122 valence electrons.